The Labute approximate surface area is 111 Å². The van der Waals surface area contributed by atoms with Crippen LogP contribution in [-0.4, -0.2) is 23.3 Å². The van der Waals surface area contributed by atoms with Crippen LogP contribution in [0.1, 0.15) is 38.7 Å². The van der Waals surface area contributed by atoms with Gasteiger partial charge < -0.3 is 9.84 Å². The molecule has 1 aromatic rings. The van der Waals surface area contributed by atoms with Crippen molar-refractivity contribution >= 4 is 5.97 Å². The summed E-state index contributed by atoms with van der Waals surface area (Å²) in [5.74, 6) is -3.02. The zero-order valence-electron chi connectivity index (χ0n) is 11.2. The number of carbonyl (C=O) groups is 1. The molecule has 19 heavy (non-hydrogen) atoms. The molecule has 5 heteroatoms. The van der Waals surface area contributed by atoms with Crippen molar-refractivity contribution in [2.75, 3.05) is 6.61 Å². The van der Waals surface area contributed by atoms with Crippen molar-refractivity contribution in [3.8, 4) is 0 Å². The molecule has 2 unspecified atom stereocenters. The first kappa shape index (κ1) is 15.6. The molecule has 0 saturated carbocycles. The predicted octanol–water partition coefficient (Wildman–Crippen LogP) is 2.77. The van der Waals surface area contributed by atoms with Gasteiger partial charge in [-0.2, -0.15) is 0 Å². The van der Waals surface area contributed by atoms with Gasteiger partial charge in [-0.3, -0.25) is 0 Å². The van der Waals surface area contributed by atoms with E-state index in [1.165, 1.54) is 6.92 Å². The van der Waals surface area contributed by atoms with Crippen molar-refractivity contribution < 1.29 is 23.4 Å². The van der Waals surface area contributed by atoms with Crippen molar-refractivity contribution in [3.63, 3.8) is 0 Å². The number of carbonyl (C=O) groups excluding carboxylic acids is 1. The van der Waals surface area contributed by atoms with Gasteiger partial charge in [0, 0.05) is 5.92 Å². The van der Waals surface area contributed by atoms with Gasteiger partial charge in [-0.25, -0.2) is 13.6 Å². The molecule has 0 aliphatic rings. The maximum absolute atomic E-state index is 13.7. The fourth-order valence-corrected chi connectivity index (χ4v) is 1.99. The summed E-state index contributed by atoms with van der Waals surface area (Å²) < 4.78 is 31.7. The molecule has 106 valence electrons. The summed E-state index contributed by atoms with van der Waals surface area (Å²) >= 11 is 0. The van der Waals surface area contributed by atoms with Crippen molar-refractivity contribution in [2.24, 2.45) is 0 Å². The number of hydrogen-bond donors (Lipinski definition) is 1. The van der Waals surface area contributed by atoms with Crippen LogP contribution in [0.15, 0.2) is 18.2 Å². The van der Waals surface area contributed by atoms with E-state index in [2.05, 4.69) is 0 Å². The Morgan fingerprint density at radius 2 is 2.05 bits per heavy atom. The van der Waals surface area contributed by atoms with Crippen molar-refractivity contribution in [3.05, 3.63) is 35.4 Å². The monoisotopic (exact) mass is 272 g/mol. The zero-order valence-corrected chi connectivity index (χ0v) is 11.2. The summed E-state index contributed by atoms with van der Waals surface area (Å²) in [6.07, 6.45) is 0.0446. The first-order valence-corrected chi connectivity index (χ1v) is 6.21. The van der Waals surface area contributed by atoms with Crippen molar-refractivity contribution in [1.82, 2.24) is 0 Å². The number of aliphatic hydroxyl groups is 1. The van der Waals surface area contributed by atoms with Crippen LogP contribution in [0.3, 0.4) is 0 Å². The Kier molecular flexibility index (Phi) is 5.00. The summed E-state index contributed by atoms with van der Waals surface area (Å²) in [4.78, 5) is 11.8. The molecule has 0 bridgehead atoms. The highest BCUT2D eigenvalue weighted by molar-refractivity contribution is 5.80. The highest BCUT2D eigenvalue weighted by atomic mass is 19.1. The van der Waals surface area contributed by atoms with Gasteiger partial charge >= 0.3 is 5.97 Å². The molecule has 1 aromatic carbocycles. The Hall–Kier alpha value is -1.49. The van der Waals surface area contributed by atoms with Gasteiger partial charge in [0.2, 0.25) is 0 Å². The summed E-state index contributed by atoms with van der Waals surface area (Å²) in [5.41, 5.74) is -1.91. The summed E-state index contributed by atoms with van der Waals surface area (Å²) in [6.45, 7) is 4.78. The molecule has 0 heterocycles. The number of halogens is 2. The molecule has 0 amide bonds. The molecule has 1 N–H and O–H groups in total. The maximum Gasteiger partial charge on any atom is 0.338 e. The van der Waals surface area contributed by atoms with E-state index in [0.717, 1.165) is 18.2 Å². The van der Waals surface area contributed by atoms with E-state index in [-0.39, 0.29) is 18.6 Å². The van der Waals surface area contributed by atoms with Crippen LogP contribution in [0.2, 0.25) is 0 Å². The lowest BCUT2D eigenvalue weighted by Crippen LogP contribution is -2.44. The summed E-state index contributed by atoms with van der Waals surface area (Å²) in [7, 11) is 0. The van der Waals surface area contributed by atoms with Crippen LogP contribution in [0, 0.1) is 11.6 Å². The minimum Gasteiger partial charge on any atom is -0.464 e. The smallest absolute Gasteiger partial charge is 0.338 e. The SMILES string of the molecule is CCOC(=O)C(O)(CC)C(C)c1cc(F)ccc1F. The first-order chi connectivity index (χ1) is 8.86. The van der Waals surface area contributed by atoms with E-state index >= 15 is 0 Å². The van der Waals surface area contributed by atoms with Crippen LogP contribution in [0.25, 0.3) is 0 Å². The van der Waals surface area contributed by atoms with Crippen LogP contribution >= 0.6 is 0 Å². The van der Waals surface area contributed by atoms with Gasteiger partial charge in [-0.15, -0.1) is 0 Å². The fraction of sp³-hybridized carbons (Fsp3) is 0.500. The van der Waals surface area contributed by atoms with E-state index in [0.29, 0.717) is 0 Å². The summed E-state index contributed by atoms with van der Waals surface area (Å²) in [6, 6.07) is 2.95. The number of rotatable bonds is 5. The first-order valence-electron chi connectivity index (χ1n) is 6.21. The van der Waals surface area contributed by atoms with E-state index < -0.39 is 29.1 Å². The topological polar surface area (TPSA) is 46.5 Å². The van der Waals surface area contributed by atoms with Gasteiger partial charge in [0.15, 0.2) is 5.60 Å². The second-order valence-corrected chi connectivity index (χ2v) is 4.39. The molecule has 0 aromatic heterocycles. The second-order valence-electron chi connectivity index (χ2n) is 4.39. The lowest BCUT2D eigenvalue weighted by Gasteiger charge is -2.31. The van der Waals surface area contributed by atoms with E-state index in [4.69, 9.17) is 4.74 Å². The third-order valence-corrected chi connectivity index (χ3v) is 3.31. The van der Waals surface area contributed by atoms with Gasteiger partial charge in [0.05, 0.1) is 6.61 Å². The molecule has 1 rings (SSSR count). The van der Waals surface area contributed by atoms with Crippen LogP contribution < -0.4 is 0 Å². The Morgan fingerprint density at radius 1 is 1.42 bits per heavy atom. The molecular weight excluding hydrogens is 254 g/mol. The zero-order chi connectivity index (χ0) is 14.6. The van der Waals surface area contributed by atoms with E-state index in [9.17, 15) is 18.7 Å². The molecule has 0 aliphatic heterocycles. The molecule has 0 spiro atoms. The Balaban J connectivity index is 3.17. The lowest BCUT2D eigenvalue weighted by atomic mass is 9.81. The highest BCUT2D eigenvalue weighted by Gasteiger charge is 2.43. The van der Waals surface area contributed by atoms with Gasteiger partial charge in [0.25, 0.3) is 0 Å². The molecular formula is C14H18F2O3. The number of esters is 1. The number of benzene rings is 1. The molecule has 3 nitrogen and oxygen atoms in total. The van der Waals surface area contributed by atoms with Gasteiger partial charge in [0.1, 0.15) is 11.6 Å². The molecule has 0 radical (unpaired) electrons. The molecule has 2 atom stereocenters. The van der Waals surface area contributed by atoms with Crippen LogP contribution in [0.4, 0.5) is 8.78 Å². The number of ether oxygens (including phenoxy) is 1. The normalized spacial score (nSPS) is 15.7. The number of hydrogen-bond acceptors (Lipinski definition) is 3. The highest BCUT2D eigenvalue weighted by Crippen LogP contribution is 2.33. The molecule has 0 saturated heterocycles. The van der Waals surface area contributed by atoms with E-state index in [1.807, 2.05) is 0 Å². The average molecular weight is 272 g/mol. The minimum atomic E-state index is -1.87. The Morgan fingerprint density at radius 3 is 2.58 bits per heavy atom. The second kappa shape index (κ2) is 6.10. The van der Waals surface area contributed by atoms with Crippen molar-refractivity contribution in [1.29, 1.82) is 0 Å². The van der Waals surface area contributed by atoms with Crippen molar-refractivity contribution in [2.45, 2.75) is 38.7 Å². The third kappa shape index (κ3) is 3.10. The van der Waals surface area contributed by atoms with Gasteiger partial charge in [-0.1, -0.05) is 13.8 Å². The quantitative estimate of drug-likeness (QED) is 0.838. The average Bonchev–Trinajstić information content (AvgIpc) is 2.40. The third-order valence-electron chi connectivity index (χ3n) is 3.31. The fourth-order valence-electron chi connectivity index (χ4n) is 1.99. The maximum atomic E-state index is 13.7. The van der Waals surface area contributed by atoms with Gasteiger partial charge in [-0.05, 0) is 37.1 Å². The standard InChI is InChI=1S/C14H18F2O3/c1-4-14(18,13(17)19-5-2)9(3)11-8-10(15)6-7-12(11)16/h6-9,18H,4-5H2,1-3H3. The largest absolute Gasteiger partial charge is 0.464 e. The van der Waals surface area contributed by atoms with Crippen LogP contribution in [-0.2, 0) is 9.53 Å². The lowest BCUT2D eigenvalue weighted by molar-refractivity contribution is -0.167. The predicted molar refractivity (Wildman–Crippen MR) is 66.6 cm³/mol. The van der Waals surface area contributed by atoms with E-state index in [1.54, 1.807) is 13.8 Å². The summed E-state index contributed by atoms with van der Waals surface area (Å²) in [5, 5.41) is 10.4. The molecule has 0 aliphatic carbocycles. The minimum absolute atomic E-state index is 0.0441. The van der Waals surface area contributed by atoms with Crippen LogP contribution in [0.5, 0.6) is 0 Å². The molecule has 0 fully saturated rings. The Bertz CT molecular complexity index is 462.